The molecule has 0 aromatic carbocycles. The molecule has 0 aliphatic carbocycles. The number of hydrogen-bond donors (Lipinski definition) is 1. The molecule has 1 fully saturated rings. The Hall–Kier alpha value is -0.340. The van der Waals surface area contributed by atoms with Crippen molar-refractivity contribution < 1.29 is 0 Å². The minimum absolute atomic E-state index is 0.776. The zero-order chi connectivity index (χ0) is 10.9. The minimum Gasteiger partial charge on any atom is -0.315 e. The molecular weight excluding hydrogens is 184 g/mol. The Morgan fingerprint density at radius 1 is 1.40 bits per heavy atom. The van der Waals surface area contributed by atoms with E-state index in [1.807, 2.05) is 6.08 Å². The smallest absolute Gasteiger partial charge is 0.0218 e. The van der Waals surface area contributed by atoms with Gasteiger partial charge in [-0.3, -0.25) is 0 Å². The lowest BCUT2D eigenvalue weighted by Gasteiger charge is -2.31. The molecule has 0 amide bonds. The predicted molar refractivity (Wildman–Crippen MR) is 67.2 cm³/mol. The third-order valence-corrected chi connectivity index (χ3v) is 3.31. The molecule has 0 spiro atoms. The molecule has 15 heavy (non-hydrogen) atoms. The van der Waals surface area contributed by atoms with Gasteiger partial charge in [0.05, 0.1) is 0 Å². The standard InChI is InChI=1S/C13H26N2/c1-3-4-5-6-7-11-15(2)13-9-8-10-14-12-13/h3,13-14H,1,4-12H2,2H3. The molecule has 1 N–H and O–H groups in total. The van der Waals surface area contributed by atoms with Gasteiger partial charge in [-0.2, -0.15) is 0 Å². The summed E-state index contributed by atoms with van der Waals surface area (Å²) < 4.78 is 0. The Morgan fingerprint density at radius 3 is 2.93 bits per heavy atom. The van der Waals surface area contributed by atoms with Crippen molar-refractivity contribution in [1.82, 2.24) is 10.2 Å². The molecule has 2 heteroatoms. The summed E-state index contributed by atoms with van der Waals surface area (Å²) in [5.74, 6) is 0. The average molecular weight is 210 g/mol. The molecule has 2 nitrogen and oxygen atoms in total. The third kappa shape index (κ3) is 5.33. The van der Waals surface area contributed by atoms with E-state index in [4.69, 9.17) is 0 Å². The molecule has 0 bridgehead atoms. The van der Waals surface area contributed by atoms with Crippen molar-refractivity contribution in [3.05, 3.63) is 12.7 Å². The van der Waals surface area contributed by atoms with Crippen LogP contribution in [0.3, 0.4) is 0 Å². The fourth-order valence-corrected chi connectivity index (χ4v) is 2.22. The van der Waals surface area contributed by atoms with Gasteiger partial charge in [0.1, 0.15) is 0 Å². The second kappa shape index (κ2) is 7.89. The van der Waals surface area contributed by atoms with Gasteiger partial charge in [-0.15, -0.1) is 6.58 Å². The number of rotatable bonds is 7. The monoisotopic (exact) mass is 210 g/mol. The van der Waals surface area contributed by atoms with E-state index in [2.05, 4.69) is 23.8 Å². The van der Waals surface area contributed by atoms with E-state index >= 15 is 0 Å². The molecule has 1 rings (SSSR count). The predicted octanol–water partition coefficient (Wildman–Crippen LogP) is 2.42. The van der Waals surface area contributed by atoms with Crippen LogP contribution in [0.25, 0.3) is 0 Å². The first-order valence-corrected chi connectivity index (χ1v) is 6.36. The summed E-state index contributed by atoms with van der Waals surface area (Å²) in [5.41, 5.74) is 0. The first-order chi connectivity index (χ1) is 7.34. The van der Waals surface area contributed by atoms with Crippen LogP contribution in [0.15, 0.2) is 12.7 Å². The largest absolute Gasteiger partial charge is 0.315 e. The fourth-order valence-electron chi connectivity index (χ4n) is 2.22. The summed E-state index contributed by atoms with van der Waals surface area (Å²) in [6.07, 6.45) is 9.89. The van der Waals surface area contributed by atoms with Crippen LogP contribution in [-0.4, -0.2) is 37.6 Å². The molecule has 1 aliphatic heterocycles. The van der Waals surface area contributed by atoms with Crippen LogP contribution in [0.1, 0.15) is 38.5 Å². The molecule has 1 unspecified atom stereocenters. The number of hydrogen-bond acceptors (Lipinski definition) is 2. The molecule has 0 radical (unpaired) electrons. The summed E-state index contributed by atoms with van der Waals surface area (Å²) >= 11 is 0. The summed E-state index contributed by atoms with van der Waals surface area (Å²) in [5, 5.41) is 3.47. The second-order valence-electron chi connectivity index (χ2n) is 4.62. The highest BCUT2D eigenvalue weighted by Crippen LogP contribution is 2.10. The number of allylic oxidation sites excluding steroid dienone is 1. The van der Waals surface area contributed by atoms with Crippen molar-refractivity contribution in [3.63, 3.8) is 0 Å². The van der Waals surface area contributed by atoms with Gasteiger partial charge in [0.15, 0.2) is 0 Å². The minimum atomic E-state index is 0.776. The molecule has 0 saturated carbocycles. The van der Waals surface area contributed by atoms with Crippen molar-refractivity contribution in [2.75, 3.05) is 26.7 Å². The van der Waals surface area contributed by atoms with E-state index in [0.717, 1.165) is 6.04 Å². The molecule has 88 valence electrons. The molecule has 1 atom stereocenters. The van der Waals surface area contributed by atoms with Crippen molar-refractivity contribution in [3.8, 4) is 0 Å². The number of likely N-dealkylation sites (N-methyl/N-ethyl adjacent to an activating group) is 1. The van der Waals surface area contributed by atoms with Crippen LogP contribution in [0.5, 0.6) is 0 Å². The highest BCUT2D eigenvalue weighted by molar-refractivity contribution is 4.76. The van der Waals surface area contributed by atoms with Crippen molar-refractivity contribution in [1.29, 1.82) is 0 Å². The van der Waals surface area contributed by atoms with E-state index in [9.17, 15) is 0 Å². The summed E-state index contributed by atoms with van der Waals surface area (Å²) in [6, 6.07) is 0.776. The maximum atomic E-state index is 3.75. The Labute approximate surface area is 94.7 Å². The Morgan fingerprint density at radius 2 is 2.27 bits per heavy atom. The SMILES string of the molecule is C=CCCCCCN(C)C1CCCNC1. The lowest BCUT2D eigenvalue weighted by atomic mass is 10.1. The van der Waals surface area contributed by atoms with Crippen LogP contribution in [0, 0.1) is 0 Å². The summed E-state index contributed by atoms with van der Waals surface area (Å²) in [4.78, 5) is 2.53. The number of nitrogens with one attached hydrogen (secondary N) is 1. The maximum Gasteiger partial charge on any atom is 0.0218 e. The van der Waals surface area contributed by atoms with Crippen molar-refractivity contribution in [2.24, 2.45) is 0 Å². The van der Waals surface area contributed by atoms with Crippen molar-refractivity contribution in [2.45, 2.75) is 44.6 Å². The molecule has 1 aliphatic rings. The van der Waals surface area contributed by atoms with Gasteiger partial charge in [-0.05, 0) is 52.2 Å². The van der Waals surface area contributed by atoms with Crippen LogP contribution in [0.4, 0.5) is 0 Å². The van der Waals surface area contributed by atoms with E-state index in [-0.39, 0.29) is 0 Å². The highest BCUT2D eigenvalue weighted by atomic mass is 15.1. The zero-order valence-electron chi connectivity index (χ0n) is 10.2. The number of nitrogens with zero attached hydrogens (tertiary/aromatic N) is 1. The van der Waals surface area contributed by atoms with Gasteiger partial charge in [0, 0.05) is 12.6 Å². The zero-order valence-corrected chi connectivity index (χ0v) is 10.2. The normalized spacial score (nSPS) is 21.9. The molecule has 1 saturated heterocycles. The summed E-state index contributed by atoms with van der Waals surface area (Å²) in [7, 11) is 2.27. The van der Waals surface area contributed by atoms with E-state index in [1.54, 1.807) is 0 Å². The fraction of sp³-hybridized carbons (Fsp3) is 0.846. The van der Waals surface area contributed by atoms with Crippen LogP contribution in [-0.2, 0) is 0 Å². The van der Waals surface area contributed by atoms with E-state index < -0.39 is 0 Å². The average Bonchev–Trinajstić information content (AvgIpc) is 2.30. The summed E-state index contributed by atoms with van der Waals surface area (Å²) in [6.45, 7) is 7.40. The second-order valence-corrected chi connectivity index (χ2v) is 4.62. The Bertz CT molecular complexity index is 162. The van der Waals surface area contributed by atoms with Gasteiger partial charge in [0.2, 0.25) is 0 Å². The first-order valence-electron chi connectivity index (χ1n) is 6.36. The molecule has 0 aromatic heterocycles. The van der Waals surface area contributed by atoms with Crippen molar-refractivity contribution >= 4 is 0 Å². The Balaban J connectivity index is 2.01. The number of piperidine rings is 1. The molecular formula is C13H26N2. The van der Waals surface area contributed by atoms with Crippen LogP contribution >= 0.6 is 0 Å². The molecule has 0 aromatic rings. The van der Waals surface area contributed by atoms with E-state index in [0.29, 0.717) is 0 Å². The van der Waals surface area contributed by atoms with Gasteiger partial charge >= 0.3 is 0 Å². The molecule has 1 heterocycles. The lowest BCUT2D eigenvalue weighted by Crippen LogP contribution is -2.44. The van der Waals surface area contributed by atoms with Gasteiger partial charge < -0.3 is 10.2 Å². The van der Waals surface area contributed by atoms with Gasteiger partial charge in [-0.25, -0.2) is 0 Å². The van der Waals surface area contributed by atoms with Crippen LogP contribution < -0.4 is 5.32 Å². The van der Waals surface area contributed by atoms with Crippen LogP contribution in [0.2, 0.25) is 0 Å². The lowest BCUT2D eigenvalue weighted by molar-refractivity contribution is 0.199. The Kier molecular flexibility index (Phi) is 6.69. The van der Waals surface area contributed by atoms with Gasteiger partial charge in [-0.1, -0.05) is 12.5 Å². The topological polar surface area (TPSA) is 15.3 Å². The first kappa shape index (κ1) is 12.7. The number of unbranched alkanes of at least 4 members (excludes halogenated alkanes) is 3. The maximum absolute atomic E-state index is 3.75. The van der Waals surface area contributed by atoms with Gasteiger partial charge in [0.25, 0.3) is 0 Å². The van der Waals surface area contributed by atoms with E-state index in [1.165, 1.54) is 58.2 Å². The third-order valence-electron chi connectivity index (χ3n) is 3.31. The highest BCUT2D eigenvalue weighted by Gasteiger charge is 2.16. The quantitative estimate of drug-likeness (QED) is 0.513.